The van der Waals surface area contributed by atoms with Gasteiger partial charge in [-0.15, -0.1) is 0 Å². The summed E-state index contributed by atoms with van der Waals surface area (Å²) in [5.41, 5.74) is 0. The number of carbonyl (C=O) groups is 2. The molecule has 0 aliphatic carbocycles. The number of esters is 1. The number of unbranched alkanes of at least 4 members (excludes halogenated alkanes) is 38. The van der Waals surface area contributed by atoms with Gasteiger partial charge in [0.15, 0.2) is 0 Å². The summed E-state index contributed by atoms with van der Waals surface area (Å²) in [4.78, 5) is 40.2. The van der Waals surface area contributed by atoms with Crippen LogP contribution in [0.1, 0.15) is 335 Å². The van der Waals surface area contributed by atoms with Gasteiger partial charge in [0.1, 0.15) is 19.3 Å². The number of phosphoric acid groups is 1. The van der Waals surface area contributed by atoms with Gasteiger partial charge in [0.25, 0.3) is 7.82 Å². The number of hydrogen-bond acceptors (Lipinski definition) is 7. The van der Waals surface area contributed by atoms with Crippen LogP contribution in [-0.4, -0.2) is 69.4 Å². The zero-order valence-electron chi connectivity index (χ0n) is 57.3. The molecule has 0 fully saturated rings. The first kappa shape index (κ1) is 83.2. The van der Waals surface area contributed by atoms with Gasteiger partial charge in [-0.05, 0) is 83.1 Å². The van der Waals surface area contributed by atoms with Gasteiger partial charge < -0.3 is 28.5 Å². The van der Waals surface area contributed by atoms with Crippen molar-refractivity contribution < 1.29 is 37.3 Å². The Hall–Kier alpha value is -2.81. The smallest absolute Gasteiger partial charge is 0.306 e. The second-order valence-corrected chi connectivity index (χ2v) is 27.1. The summed E-state index contributed by atoms with van der Waals surface area (Å²) in [5, 5.41) is 3.02. The minimum Gasteiger partial charge on any atom is -0.756 e. The lowest BCUT2D eigenvalue weighted by atomic mass is 10.0. The first-order valence-corrected chi connectivity index (χ1v) is 37.9. The summed E-state index contributed by atoms with van der Waals surface area (Å²) in [6.07, 6.45) is 87.3. The van der Waals surface area contributed by atoms with E-state index in [-0.39, 0.29) is 31.3 Å². The minimum absolute atomic E-state index is 0.0328. The summed E-state index contributed by atoms with van der Waals surface area (Å²) >= 11 is 0. The molecule has 0 spiro atoms. The van der Waals surface area contributed by atoms with Gasteiger partial charge >= 0.3 is 5.97 Å². The minimum atomic E-state index is -4.72. The van der Waals surface area contributed by atoms with Crippen LogP contribution in [0.4, 0.5) is 0 Å². The Kier molecular flexibility index (Phi) is 63.0. The second-order valence-electron chi connectivity index (χ2n) is 25.7. The maximum atomic E-state index is 13.6. The fourth-order valence-electron chi connectivity index (χ4n) is 10.5. The van der Waals surface area contributed by atoms with Crippen LogP contribution in [0.5, 0.6) is 0 Å². The third-order valence-corrected chi connectivity index (χ3v) is 17.1. The van der Waals surface area contributed by atoms with Crippen LogP contribution in [-0.2, 0) is 27.9 Å². The van der Waals surface area contributed by atoms with Crippen molar-refractivity contribution in [2.45, 2.75) is 348 Å². The van der Waals surface area contributed by atoms with Crippen LogP contribution in [0.3, 0.4) is 0 Å². The summed E-state index contributed by atoms with van der Waals surface area (Å²) in [6, 6.07) is -0.915. The molecular formula is C76H139N2O7P. The molecule has 0 aromatic heterocycles. The molecule has 1 N–H and O–H groups in total. The Balaban J connectivity index is 5.06. The van der Waals surface area contributed by atoms with E-state index >= 15 is 0 Å². The molecule has 3 atom stereocenters. The molecule has 1 amide bonds. The Bertz CT molecular complexity index is 1750. The van der Waals surface area contributed by atoms with Crippen molar-refractivity contribution in [1.29, 1.82) is 0 Å². The first-order valence-electron chi connectivity index (χ1n) is 36.4. The molecule has 10 heteroatoms. The van der Waals surface area contributed by atoms with Crippen molar-refractivity contribution in [3.63, 3.8) is 0 Å². The Labute approximate surface area is 533 Å². The monoisotopic (exact) mass is 1220 g/mol. The molecule has 9 nitrogen and oxygen atoms in total. The van der Waals surface area contributed by atoms with Gasteiger partial charge in [-0.3, -0.25) is 14.2 Å². The third kappa shape index (κ3) is 65.6. The van der Waals surface area contributed by atoms with E-state index in [2.05, 4.69) is 99.0 Å². The van der Waals surface area contributed by atoms with E-state index in [0.29, 0.717) is 17.4 Å². The van der Waals surface area contributed by atoms with Gasteiger partial charge in [0.05, 0.1) is 33.8 Å². The molecule has 500 valence electrons. The molecule has 0 aromatic carbocycles. The highest BCUT2D eigenvalue weighted by Gasteiger charge is 2.27. The average Bonchev–Trinajstić information content (AvgIpc) is 3.66. The van der Waals surface area contributed by atoms with Gasteiger partial charge in [0, 0.05) is 12.8 Å². The molecule has 0 aromatic rings. The Morgan fingerprint density at radius 1 is 0.419 bits per heavy atom. The van der Waals surface area contributed by atoms with E-state index in [1.54, 1.807) is 0 Å². The maximum Gasteiger partial charge on any atom is 0.306 e. The summed E-state index contributed by atoms with van der Waals surface area (Å²) in [5.74, 6) is -0.582. The number of ether oxygens (including phenoxy) is 1. The molecule has 0 radical (unpaired) electrons. The number of phosphoric ester groups is 1. The van der Waals surface area contributed by atoms with E-state index in [0.717, 1.165) is 89.9 Å². The molecule has 0 rings (SSSR count). The standard InChI is InChI=1S/C76H139N2O7P/c1-7-10-13-16-19-22-25-28-30-32-34-36-37-38-39-40-41-43-45-47-49-51-54-57-60-63-66-69-76(80)85-74(67-64-61-58-55-52-27-24-21-18-15-12-9-3)73(72-84-86(81,82)83-71-70-78(4,5)6)77-75(79)68-65-62-59-56-53-50-48-46-44-42-35-33-31-29-26-23-20-17-14-11-8-2/h11,14,20,23,29,31,35,42,46,48,53,56,64,67,73-74H,7-10,12-13,15-19,21-22,24-28,30,32-34,36-41,43-45,47,49-52,54-55,57-63,65-66,68-72H2,1-6H3,(H-,77,79,81,82)/b14-11-,23-20-,31-29-,42-35-,48-46-,56-53-,67-64-. The predicted octanol–water partition coefficient (Wildman–Crippen LogP) is 22.7. The number of rotatable bonds is 66. The van der Waals surface area contributed by atoms with E-state index in [1.807, 2.05) is 33.3 Å². The zero-order chi connectivity index (χ0) is 62.8. The zero-order valence-corrected chi connectivity index (χ0v) is 58.2. The number of hydrogen-bond donors (Lipinski definition) is 1. The number of nitrogens with zero attached hydrogens (tertiary/aromatic N) is 1. The molecule has 0 aliphatic rings. The number of carbonyl (C=O) groups excluding carboxylic acids is 2. The molecule has 3 unspecified atom stereocenters. The van der Waals surface area contributed by atoms with E-state index in [9.17, 15) is 19.0 Å². The van der Waals surface area contributed by atoms with Crippen LogP contribution in [0.2, 0.25) is 0 Å². The molecule has 86 heavy (non-hydrogen) atoms. The molecule has 0 heterocycles. The normalized spacial score (nSPS) is 14.0. The molecule has 0 bridgehead atoms. The maximum absolute atomic E-state index is 13.6. The lowest BCUT2D eigenvalue weighted by Crippen LogP contribution is -2.47. The predicted molar refractivity (Wildman–Crippen MR) is 371 cm³/mol. The van der Waals surface area contributed by atoms with Crippen molar-refractivity contribution >= 4 is 19.7 Å². The van der Waals surface area contributed by atoms with Crippen molar-refractivity contribution in [1.82, 2.24) is 5.32 Å². The van der Waals surface area contributed by atoms with Gasteiger partial charge in [-0.25, -0.2) is 0 Å². The SMILES string of the molecule is CC/C=C\C/C=C\C/C=C\C/C=C\C/C=C\C/C=C\CCCCC(=O)NC(COP(=O)([O-])OCC[N+](C)(C)C)C(/C=C\CCCCCCCCCCCC)OC(=O)CCCCCCCCCCCCCCCCCCCCCCCCCCCCC. The van der Waals surface area contributed by atoms with Crippen molar-refractivity contribution in [3.8, 4) is 0 Å². The van der Waals surface area contributed by atoms with Crippen LogP contribution in [0, 0.1) is 0 Å². The van der Waals surface area contributed by atoms with Crippen LogP contribution in [0.15, 0.2) is 85.1 Å². The lowest BCUT2D eigenvalue weighted by Gasteiger charge is -2.30. The Morgan fingerprint density at radius 2 is 0.744 bits per heavy atom. The number of amides is 1. The highest BCUT2D eigenvalue weighted by atomic mass is 31.2. The molecule has 0 saturated heterocycles. The van der Waals surface area contributed by atoms with Crippen molar-refractivity contribution in [2.24, 2.45) is 0 Å². The van der Waals surface area contributed by atoms with E-state index < -0.39 is 26.6 Å². The first-order chi connectivity index (χ1) is 41.9. The van der Waals surface area contributed by atoms with Crippen LogP contribution < -0.4 is 10.2 Å². The third-order valence-electron chi connectivity index (χ3n) is 16.1. The second kappa shape index (κ2) is 65.2. The van der Waals surface area contributed by atoms with Gasteiger partial charge in [0.2, 0.25) is 5.91 Å². The molecule has 0 aliphatic heterocycles. The molecule has 0 saturated carbocycles. The average molecular weight is 1220 g/mol. The Morgan fingerprint density at radius 3 is 1.13 bits per heavy atom. The quantitative estimate of drug-likeness (QED) is 0.0212. The topological polar surface area (TPSA) is 114 Å². The van der Waals surface area contributed by atoms with Crippen LogP contribution in [0.25, 0.3) is 0 Å². The van der Waals surface area contributed by atoms with E-state index in [1.165, 1.54) is 205 Å². The number of allylic oxidation sites excluding steroid dienone is 13. The highest BCUT2D eigenvalue weighted by molar-refractivity contribution is 7.45. The number of quaternary nitrogens is 1. The molecular weight excluding hydrogens is 1080 g/mol. The van der Waals surface area contributed by atoms with Gasteiger partial charge in [-0.1, -0.05) is 324 Å². The van der Waals surface area contributed by atoms with Crippen molar-refractivity contribution in [3.05, 3.63) is 85.1 Å². The fourth-order valence-corrected chi connectivity index (χ4v) is 11.3. The van der Waals surface area contributed by atoms with Crippen LogP contribution >= 0.6 is 7.82 Å². The largest absolute Gasteiger partial charge is 0.756 e. The van der Waals surface area contributed by atoms with Gasteiger partial charge in [-0.2, -0.15) is 0 Å². The summed E-state index contributed by atoms with van der Waals surface area (Å²) in [7, 11) is 1.16. The number of likely N-dealkylation sites (N-methyl/N-ethyl adjacent to an activating group) is 1. The highest BCUT2D eigenvalue weighted by Crippen LogP contribution is 2.38. The van der Waals surface area contributed by atoms with Crippen molar-refractivity contribution in [2.75, 3.05) is 40.9 Å². The number of nitrogens with one attached hydrogen (secondary N) is 1. The fraction of sp³-hybridized carbons (Fsp3) is 0.789. The summed E-state index contributed by atoms with van der Waals surface area (Å²) in [6.45, 7) is 6.73. The van der Waals surface area contributed by atoms with E-state index in [4.69, 9.17) is 13.8 Å². The summed E-state index contributed by atoms with van der Waals surface area (Å²) < 4.78 is 30.4. The lowest BCUT2D eigenvalue weighted by molar-refractivity contribution is -0.870.